The van der Waals surface area contributed by atoms with Crippen LogP contribution in [-0.4, -0.2) is 21.2 Å². The van der Waals surface area contributed by atoms with E-state index < -0.39 is 11.9 Å². The van der Waals surface area contributed by atoms with Crippen LogP contribution in [0.5, 0.6) is 5.75 Å². The summed E-state index contributed by atoms with van der Waals surface area (Å²) in [4.78, 5) is 26.0. The molecule has 0 unspecified atom stereocenters. The molecule has 0 spiro atoms. The molecule has 0 saturated heterocycles. The number of carboxylic acids is 1. The van der Waals surface area contributed by atoms with Crippen molar-refractivity contribution >= 4 is 29.1 Å². The summed E-state index contributed by atoms with van der Waals surface area (Å²) in [5.74, 6) is -1.67. The lowest BCUT2D eigenvalue weighted by Gasteiger charge is -2.22. The normalized spacial score (nSPS) is 17.4. The van der Waals surface area contributed by atoms with E-state index in [-0.39, 0.29) is 16.2 Å². The Balaban J connectivity index is 2.23. The van der Waals surface area contributed by atoms with Crippen molar-refractivity contribution in [3.63, 3.8) is 0 Å². The fourth-order valence-corrected chi connectivity index (χ4v) is 4.22. The van der Waals surface area contributed by atoms with Crippen LogP contribution in [0.25, 0.3) is 0 Å². The summed E-state index contributed by atoms with van der Waals surface area (Å²) < 4.78 is 0. The first-order chi connectivity index (χ1) is 9.58. The molecule has 20 heavy (non-hydrogen) atoms. The number of aromatic amines is 1. The van der Waals surface area contributed by atoms with Gasteiger partial charge in [0.05, 0.1) is 21.4 Å². The van der Waals surface area contributed by atoms with Crippen LogP contribution in [0.3, 0.4) is 0 Å². The minimum Gasteiger partial charge on any atom is -0.508 e. The number of H-pyrrole nitrogens is 1. The molecule has 0 saturated carbocycles. The van der Waals surface area contributed by atoms with Gasteiger partial charge in [-0.05, 0) is 11.5 Å². The number of aromatic nitrogens is 1. The SMILES string of the molecule is O=C(O)C1=CSc2[nH]c(=O)sc2[C@H]1c1ccccc1O. The number of thioether (sulfide) groups is 1. The molecule has 1 aliphatic heterocycles. The quantitative estimate of drug-likeness (QED) is 0.792. The van der Waals surface area contributed by atoms with Crippen LogP contribution < -0.4 is 4.87 Å². The summed E-state index contributed by atoms with van der Waals surface area (Å²) >= 11 is 2.16. The zero-order chi connectivity index (χ0) is 14.3. The van der Waals surface area contributed by atoms with Crippen molar-refractivity contribution in [1.29, 1.82) is 0 Å². The van der Waals surface area contributed by atoms with E-state index in [0.29, 0.717) is 15.5 Å². The number of thiazole rings is 1. The summed E-state index contributed by atoms with van der Waals surface area (Å²) in [7, 11) is 0. The van der Waals surface area contributed by atoms with Crippen molar-refractivity contribution in [3.05, 3.63) is 55.4 Å². The van der Waals surface area contributed by atoms with Gasteiger partial charge < -0.3 is 15.2 Å². The Bertz CT molecular complexity index is 775. The second kappa shape index (κ2) is 4.84. The van der Waals surface area contributed by atoms with Crippen LogP contribution in [-0.2, 0) is 4.79 Å². The number of aliphatic carboxylic acids is 1. The number of hydrogen-bond acceptors (Lipinski definition) is 5. The standard InChI is InChI=1S/C13H9NO4S2/c15-8-4-2-1-3-6(8)9-7(12(16)17)5-19-11-10(9)20-13(18)14-11/h1-5,9,15H,(H,14,18)(H,16,17)/t9-/m0/s1. The topological polar surface area (TPSA) is 90.4 Å². The highest BCUT2D eigenvalue weighted by atomic mass is 32.2. The van der Waals surface area contributed by atoms with E-state index in [4.69, 9.17) is 0 Å². The molecular weight excluding hydrogens is 298 g/mol. The Morgan fingerprint density at radius 2 is 2.05 bits per heavy atom. The van der Waals surface area contributed by atoms with E-state index in [0.717, 1.165) is 11.3 Å². The lowest BCUT2D eigenvalue weighted by molar-refractivity contribution is -0.132. The van der Waals surface area contributed by atoms with Crippen LogP contribution in [0.4, 0.5) is 0 Å². The molecule has 0 bridgehead atoms. The van der Waals surface area contributed by atoms with E-state index in [2.05, 4.69) is 4.98 Å². The molecule has 3 rings (SSSR count). The first-order valence-electron chi connectivity index (χ1n) is 5.69. The number of phenolic OH excluding ortho intramolecular Hbond substituents is 1. The molecule has 1 aromatic carbocycles. The number of phenols is 1. The van der Waals surface area contributed by atoms with Gasteiger partial charge in [0.25, 0.3) is 0 Å². The van der Waals surface area contributed by atoms with Gasteiger partial charge in [-0.1, -0.05) is 41.3 Å². The largest absolute Gasteiger partial charge is 0.508 e. The Morgan fingerprint density at radius 1 is 1.30 bits per heavy atom. The zero-order valence-corrected chi connectivity index (χ0v) is 11.6. The van der Waals surface area contributed by atoms with Crippen LogP contribution in [0.1, 0.15) is 16.4 Å². The van der Waals surface area contributed by atoms with Crippen molar-refractivity contribution in [2.75, 3.05) is 0 Å². The van der Waals surface area contributed by atoms with E-state index in [1.807, 2.05) is 0 Å². The molecule has 1 aromatic heterocycles. The number of fused-ring (bicyclic) bond motifs is 1. The Hall–Kier alpha value is -1.99. The molecule has 0 radical (unpaired) electrons. The number of para-hydroxylation sites is 1. The maximum atomic E-state index is 11.5. The molecule has 5 nitrogen and oxygen atoms in total. The van der Waals surface area contributed by atoms with E-state index in [1.165, 1.54) is 23.2 Å². The smallest absolute Gasteiger partial charge is 0.333 e. The molecule has 0 aliphatic carbocycles. The lowest BCUT2D eigenvalue weighted by Crippen LogP contribution is -2.14. The maximum absolute atomic E-state index is 11.5. The van der Waals surface area contributed by atoms with Gasteiger partial charge in [-0.2, -0.15) is 0 Å². The summed E-state index contributed by atoms with van der Waals surface area (Å²) in [6.07, 6.45) is 0. The minimum atomic E-state index is -1.06. The van der Waals surface area contributed by atoms with Gasteiger partial charge in [-0.3, -0.25) is 4.79 Å². The van der Waals surface area contributed by atoms with Gasteiger partial charge in [0, 0.05) is 5.56 Å². The van der Waals surface area contributed by atoms with Gasteiger partial charge in [-0.25, -0.2) is 4.79 Å². The van der Waals surface area contributed by atoms with Crippen molar-refractivity contribution in [2.45, 2.75) is 10.9 Å². The Morgan fingerprint density at radius 3 is 2.75 bits per heavy atom. The molecule has 1 aliphatic rings. The van der Waals surface area contributed by atoms with Gasteiger partial charge in [0.1, 0.15) is 5.75 Å². The minimum absolute atomic E-state index is 0.0170. The molecular formula is C13H9NO4S2. The lowest BCUT2D eigenvalue weighted by atomic mass is 9.90. The third-order valence-corrected chi connectivity index (χ3v) is 5.02. The van der Waals surface area contributed by atoms with Crippen molar-refractivity contribution in [3.8, 4) is 5.75 Å². The van der Waals surface area contributed by atoms with E-state index in [1.54, 1.807) is 18.2 Å². The van der Waals surface area contributed by atoms with Crippen molar-refractivity contribution < 1.29 is 15.0 Å². The van der Waals surface area contributed by atoms with Crippen molar-refractivity contribution in [1.82, 2.24) is 4.98 Å². The third-order valence-electron chi connectivity index (χ3n) is 3.01. The summed E-state index contributed by atoms with van der Waals surface area (Å²) in [6.45, 7) is 0. The average molecular weight is 307 g/mol. The average Bonchev–Trinajstić information content (AvgIpc) is 2.78. The fourth-order valence-electron chi connectivity index (χ4n) is 2.15. The van der Waals surface area contributed by atoms with Crippen LogP contribution in [0.15, 0.2) is 45.1 Å². The van der Waals surface area contributed by atoms with Gasteiger partial charge in [0.15, 0.2) is 0 Å². The number of rotatable bonds is 2. The summed E-state index contributed by atoms with van der Waals surface area (Å²) in [5.41, 5.74) is 0.636. The predicted molar refractivity (Wildman–Crippen MR) is 76.5 cm³/mol. The molecule has 0 fully saturated rings. The van der Waals surface area contributed by atoms with Crippen LogP contribution in [0.2, 0.25) is 0 Å². The molecule has 2 heterocycles. The highest BCUT2D eigenvalue weighted by Gasteiger charge is 2.33. The molecule has 3 N–H and O–H groups in total. The molecule has 0 amide bonds. The van der Waals surface area contributed by atoms with Gasteiger partial charge in [-0.15, -0.1) is 0 Å². The number of hydrogen-bond donors (Lipinski definition) is 3. The summed E-state index contributed by atoms with van der Waals surface area (Å²) in [6, 6.07) is 6.57. The van der Waals surface area contributed by atoms with Gasteiger partial charge >= 0.3 is 10.8 Å². The number of carbonyl (C=O) groups is 1. The molecule has 102 valence electrons. The highest BCUT2D eigenvalue weighted by molar-refractivity contribution is 8.02. The fraction of sp³-hybridized carbons (Fsp3) is 0.0769. The molecule has 7 heteroatoms. The second-order valence-electron chi connectivity index (χ2n) is 4.20. The number of carboxylic acid groups (broad SMARTS) is 1. The highest BCUT2D eigenvalue weighted by Crippen LogP contribution is 2.46. The monoisotopic (exact) mass is 307 g/mol. The van der Waals surface area contributed by atoms with E-state index in [9.17, 15) is 19.8 Å². The van der Waals surface area contributed by atoms with E-state index >= 15 is 0 Å². The maximum Gasteiger partial charge on any atom is 0.333 e. The Labute approximate surface area is 121 Å². The number of aromatic hydroxyl groups is 1. The molecule has 2 aromatic rings. The van der Waals surface area contributed by atoms with Crippen LogP contribution in [0, 0.1) is 0 Å². The second-order valence-corrected chi connectivity index (χ2v) is 6.09. The first-order valence-corrected chi connectivity index (χ1v) is 7.38. The summed E-state index contributed by atoms with van der Waals surface area (Å²) in [5, 5.41) is 21.5. The van der Waals surface area contributed by atoms with Crippen LogP contribution >= 0.6 is 23.1 Å². The van der Waals surface area contributed by atoms with Crippen molar-refractivity contribution in [2.24, 2.45) is 0 Å². The third kappa shape index (κ3) is 2.04. The molecule has 1 atom stereocenters. The number of benzene rings is 1. The zero-order valence-electron chi connectivity index (χ0n) is 9.99. The Kier molecular flexibility index (Phi) is 3.15. The number of nitrogens with one attached hydrogen (secondary N) is 1. The van der Waals surface area contributed by atoms with Gasteiger partial charge in [0.2, 0.25) is 0 Å². The first kappa shape index (κ1) is 13.0. The predicted octanol–water partition coefficient (Wildman–Crippen LogP) is 2.35.